The van der Waals surface area contributed by atoms with E-state index in [1.54, 1.807) is 19.2 Å². The third-order valence-corrected chi connectivity index (χ3v) is 4.53. The van der Waals surface area contributed by atoms with Gasteiger partial charge in [0.15, 0.2) is 11.6 Å². The van der Waals surface area contributed by atoms with Crippen molar-refractivity contribution < 1.29 is 13.9 Å². The summed E-state index contributed by atoms with van der Waals surface area (Å²) in [4.78, 5) is 15.9. The van der Waals surface area contributed by atoms with E-state index in [0.29, 0.717) is 29.2 Å². The fourth-order valence-electron chi connectivity index (χ4n) is 2.54. The van der Waals surface area contributed by atoms with E-state index >= 15 is 0 Å². The van der Waals surface area contributed by atoms with Gasteiger partial charge in [0.1, 0.15) is 11.9 Å². The second kappa shape index (κ2) is 9.24. The summed E-state index contributed by atoms with van der Waals surface area (Å²) in [6, 6.07) is 4.41. The average molecular weight is 414 g/mol. The van der Waals surface area contributed by atoms with Gasteiger partial charge >= 0.3 is 0 Å². The van der Waals surface area contributed by atoms with Gasteiger partial charge in [-0.2, -0.15) is 0 Å². The van der Waals surface area contributed by atoms with E-state index in [1.807, 2.05) is 13.8 Å². The maximum Gasteiger partial charge on any atom is 0.220 e. The largest absolute Gasteiger partial charge is 0.482 e. The molecule has 0 saturated carbocycles. The topological polar surface area (TPSA) is 77.2 Å². The monoisotopic (exact) mass is 413 g/mol. The molecule has 0 aliphatic heterocycles. The van der Waals surface area contributed by atoms with Crippen LogP contribution in [0.2, 0.25) is 10.0 Å². The highest BCUT2D eigenvalue weighted by Crippen LogP contribution is 2.36. The van der Waals surface area contributed by atoms with Crippen LogP contribution in [0, 0.1) is 5.82 Å². The fourth-order valence-corrected chi connectivity index (χ4v) is 3.22. The quantitative estimate of drug-likeness (QED) is 0.644. The Hall–Kier alpha value is -2.05. The Morgan fingerprint density at radius 3 is 2.70 bits per heavy atom. The van der Waals surface area contributed by atoms with Gasteiger partial charge in [0, 0.05) is 29.2 Å². The number of hydrogen-bond acceptors (Lipinski definition) is 4. The first kappa shape index (κ1) is 21.3. The van der Waals surface area contributed by atoms with E-state index in [4.69, 9.17) is 33.7 Å². The number of aromatic nitrogens is 1. The van der Waals surface area contributed by atoms with Crippen LogP contribution in [0.25, 0.3) is 0 Å². The fraction of sp³-hybridized carbons (Fsp3) is 0.368. The first-order chi connectivity index (χ1) is 12.7. The molecule has 1 aromatic heterocycles. The number of ether oxygens (including phenoxy) is 1. The lowest BCUT2D eigenvalue weighted by molar-refractivity contribution is -0.121. The average Bonchev–Trinajstić information content (AvgIpc) is 2.58. The van der Waals surface area contributed by atoms with Gasteiger partial charge in [-0.1, -0.05) is 23.2 Å². The number of rotatable bonds is 7. The molecule has 1 unspecified atom stereocenters. The number of nitrogens with zero attached hydrogens (tertiary/aromatic N) is 1. The summed E-state index contributed by atoms with van der Waals surface area (Å²) in [5.74, 6) is -0.125. The van der Waals surface area contributed by atoms with Crippen LogP contribution in [0.15, 0.2) is 24.4 Å². The zero-order chi connectivity index (χ0) is 20.1. The van der Waals surface area contributed by atoms with Crippen molar-refractivity contribution in [3.05, 3.63) is 51.4 Å². The Balaban J connectivity index is 2.15. The third-order valence-electron chi connectivity index (χ3n) is 3.82. The van der Waals surface area contributed by atoms with E-state index in [9.17, 15) is 9.18 Å². The van der Waals surface area contributed by atoms with Crippen LogP contribution in [-0.4, -0.2) is 16.9 Å². The van der Waals surface area contributed by atoms with Crippen LogP contribution in [0.1, 0.15) is 44.4 Å². The summed E-state index contributed by atoms with van der Waals surface area (Å²) >= 11 is 12.2. The van der Waals surface area contributed by atoms with Crippen LogP contribution in [-0.2, 0) is 11.2 Å². The number of halogens is 3. The molecule has 0 radical (unpaired) electrons. The minimum absolute atomic E-state index is 0.0454. The number of aryl methyl sites for hydroxylation is 1. The number of amides is 1. The lowest BCUT2D eigenvalue weighted by Crippen LogP contribution is -2.30. The summed E-state index contributed by atoms with van der Waals surface area (Å²) in [6.07, 6.45) is 1.75. The van der Waals surface area contributed by atoms with Gasteiger partial charge in [0.05, 0.1) is 5.02 Å². The van der Waals surface area contributed by atoms with Crippen LogP contribution in [0.4, 0.5) is 10.2 Å². The smallest absolute Gasteiger partial charge is 0.220 e. The Morgan fingerprint density at radius 2 is 2.04 bits per heavy atom. The molecule has 2 rings (SSSR count). The number of hydrogen-bond donors (Lipinski definition) is 2. The van der Waals surface area contributed by atoms with Crippen molar-refractivity contribution in [3.8, 4) is 5.75 Å². The maximum absolute atomic E-state index is 13.7. The van der Waals surface area contributed by atoms with Gasteiger partial charge < -0.3 is 15.8 Å². The van der Waals surface area contributed by atoms with Crippen LogP contribution in [0.3, 0.4) is 0 Å². The summed E-state index contributed by atoms with van der Waals surface area (Å²) in [7, 11) is 0. The van der Waals surface area contributed by atoms with Crippen LogP contribution >= 0.6 is 23.2 Å². The maximum atomic E-state index is 13.7. The molecule has 1 amide bonds. The lowest BCUT2D eigenvalue weighted by atomic mass is 10.1. The van der Waals surface area contributed by atoms with E-state index < -0.39 is 11.9 Å². The molecule has 0 aliphatic carbocycles. The SMILES string of the molecule is CC(C)NC(=O)CCc1cnc(N)c(OC(C)c2c(Cl)ccc(F)c2Cl)c1. The first-order valence-electron chi connectivity index (χ1n) is 8.52. The summed E-state index contributed by atoms with van der Waals surface area (Å²) in [5.41, 5.74) is 7.01. The standard InChI is InChI=1S/C19H22Cl2FN3O2/c1-10(2)25-16(26)7-4-12-8-15(19(23)24-9-12)27-11(3)17-13(20)5-6-14(22)18(17)21/h5-6,8-11H,4,7H2,1-3H3,(H2,23,24)(H,25,26). The Labute approximate surface area is 168 Å². The summed E-state index contributed by atoms with van der Waals surface area (Å²) in [5, 5.41) is 3.03. The van der Waals surface area contributed by atoms with E-state index in [2.05, 4.69) is 10.3 Å². The molecule has 1 atom stereocenters. The van der Waals surface area contributed by atoms with Gasteiger partial charge in [0.2, 0.25) is 5.91 Å². The number of nitrogen functional groups attached to an aromatic ring is 1. The normalized spacial score (nSPS) is 12.1. The molecule has 0 saturated heterocycles. The third kappa shape index (κ3) is 5.71. The minimum Gasteiger partial charge on any atom is -0.482 e. The number of carbonyl (C=O) groups is 1. The number of nitrogens with one attached hydrogen (secondary N) is 1. The highest BCUT2D eigenvalue weighted by atomic mass is 35.5. The summed E-state index contributed by atoms with van der Waals surface area (Å²) < 4.78 is 19.6. The molecule has 3 N–H and O–H groups in total. The molecule has 146 valence electrons. The first-order valence-corrected chi connectivity index (χ1v) is 9.28. The molecule has 5 nitrogen and oxygen atoms in total. The molecule has 0 bridgehead atoms. The molecular formula is C19H22Cl2FN3O2. The van der Waals surface area contributed by atoms with Crippen LogP contribution < -0.4 is 15.8 Å². The zero-order valence-corrected chi connectivity index (χ0v) is 16.9. The highest BCUT2D eigenvalue weighted by molar-refractivity contribution is 6.36. The second-order valence-corrected chi connectivity index (χ2v) is 7.25. The molecule has 2 aromatic rings. The highest BCUT2D eigenvalue weighted by Gasteiger charge is 2.20. The Morgan fingerprint density at radius 1 is 1.33 bits per heavy atom. The number of nitrogens with two attached hydrogens (primary N) is 1. The van der Waals surface area contributed by atoms with E-state index in [1.165, 1.54) is 12.1 Å². The van der Waals surface area contributed by atoms with Crippen molar-refractivity contribution in [1.29, 1.82) is 0 Å². The van der Waals surface area contributed by atoms with Gasteiger partial charge in [-0.15, -0.1) is 0 Å². The molecule has 0 spiro atoms. The minimum atomic E-state index is -0.649. The predicted molar refractivity (Wildman–Crippen MR) is 106 cm³/mol. The molecular weight excluding hydrogens is 392 g/mol. The zero-order valence-electron chi connectivity index (χ0n) is 15.4. The van der Waals surface area contributed by atoms with Crippen molar-refractivity contribution in [2.24, 2.45) is 0 Å². The van der Waals surface area contributed by atoms with Gasteiger partial charge in [-0.25, -0.2) is 9.37 Å². The number of benzene rings is 1. The van der Waals surface area contributed by atoms with Gasteiger partial charge in [-0.3, -0.25) is 4.79 Å². The summed E-state index contributed by atoms with van der Waals surface area (Å²) in [6.45, 7) is 5.49. The predicted octanol–water partition coefficient (Wildman–Crippen LogP) is 4.71. The number of pyridine rings is 1. The molecule has 1 heterocycles. The molecule has 8 heteroatoms. The van der Waals surface area contributed by atoms with Gasteiger partial charge in [0.25, 0.3) is 0 Å². The number of anilines is 1. The van der Waals surface area contributed by atoms with Crippen molar-refractivity contribution in [1.82, 2.24) is 10.3 Å². The second-order valence-electron chi connectivity index (χ2n) is 6.47. The van der Waals surface area contributed by atoms with E-state index in [-0.39, 0.29) is 22.8 Å². The molecule has 0 aliphatic rings. The van der Waals surface area contributed by atoms with Crippen molar-refractivity contribution >= 4 is 34.9 Å². The van der Waals surface area contributed by atoms with Crippen molar-refractivity contribution in [2.45, 2.75) is 45.8 Å². The lowest BCUT2D eigenvalue weighted by Gasteiger charge is -2.19. The van der Waals surface area contributed by atoms with Crippen molar-refractivity contribution in [3.63, 3.8) is 0 Å². The van der Waals surface area contributed by atoms with Crippen LogP contribution in [0.5, 0.6) is 5.75 Å². The van der Waals surface area contributed by atoms with Crippen molar-refractivity contribution in [2.75, 3.05) is 5.73 Å². The van der Waals surface area contributed by atoms with E-state index in [0.717, 1.165) is 5.56 Å². The molecule has 0 fully saturated rings. The molecule has 27 heavy (non-hydrogen) atoms. The molecule has 1 aromatic carbocycles. The Kier molecular flexibility index (Phi) is 7.27. The van der Waals surface area contributed by atoms with Gasteiger partial charge in [-0.05, 0) is 51.0 Å². The number of carbonyl (C=O) groups excluding carboxylic acids is 1. The Bertz CT molecular complexity index is 831.